The van der Waals surface area contributed by atoms with Crippen molar-refractivity contribution in [3.05, 3.63) is 92.6 Å². The minimum atomic E-state index is -0.146. The van der Waals surface area contributed by atoms with E-state index in [0.717, 1.165) is 52.8 Å². The van der Waals surface area contributed by atoms with Crippen LogP contribution in [-0.4, -0.2) is 69.6 Å². The van der Waals surface area contributed by atoms with Crippen LogP contribution >= 0.6 is 23.2 Å². The predicted molar refractivity (Wildman–Crippen MR) is 190 cm³/mol. The van der Waals surface area contributed by atoms with E-state index in [4.69, 9.17) is 42.8 Å². The zero-order valence-electron chi connectivity index (χ0n) is 27.5. The molecule has 5 aromatic rings. The smallest absolute Gasteiger partial charge is 0.277 e. The second kappa shape index (κ2) is 13.9. The van der Waals surface area contributed by atoms with E-state index in [2.05, 4.69) is 15.5 Å². The first-order valence-corrected chi connectivity index (χ1v) is 17.0. The summed E-state index contributed by atoms with van der Waals surface area (Å²) in [5.41, 5.74) is 5.59. The van der Waals surface area contributed by atoms with Gasteiger partial charge >= 0.3 is 0 Å². The fourth-order valence-electron chi connectivity index (χ4n) is 6.39. The van der Waals surface area contributed by atoms with E-state index in [1.165, 1.54) is 0 Å². The number of amides is 1. The number of nitrogens with zero attached hydrogens (tertiary/aromatic N) is 5. The first-order chi connectivity index (χ1) is 23.7. The van der Waals surface area contributed by atoms with Gasteiger partial charge in [0.1, 0.15) is 11.3 Å². The molecule has 254 valence electrons. The maximum atomic E-state index is 13.3. The third-order valence-corrected chi connectivity index (χ3v) is 10.1. The zero-order valence-corrected chi connectivity index (χ0v) is 29.0. The third-order valence-electron chi connectivity index (χ3n) is 9.31. The summed E-state index contributed by atoms with van der Waals surface area (Å²) < 4.78 is 14.4. The van der Waals surface area contributed by atoms with Gasteiger partial charge in [-0.05, 0) is 32.0 Å². The van der Waals surface area contributed by atoms with E-state index in [-0.39, 0.29) is 23.7 Å². The van der Waals surface area contributed by atoms with Crippen LogP contribution < -0.4 is 20.9 Å². The average Bonchev–Trinajstić information content (AvgIpc) is 3.71. The molecule has 0 saturated carbocycles. The second-order valence-corrected chi connectivity index (χ2v) is 13.2. The van der Waals surface area contributed by atoms with E-state index in [1.807, 2.05) is 67.8 Å². The fourth-order valence-corrected chi connectivity index (χ4v) is 7.05. The van der Waals surface area contributed by atoms with Gasteiger partial charge in [-0.3, -0.25) is 19.1 Å². The lowest BCUT2D eigenvalue weighted by Gasteiger charge is -2.26. The predicted octanol–water partition coefficient (Wildman–Crippen LogP) is 5.29. The summed E-state index contributed by atoms with van der Waals surface area (Å²) in [5, 5.41) is 12.1. The summed E-state index contributed by atoms with van der Waals surface area (Å²) in [4.78, 5) is 31.9. The molecule has 0 aliphatic carbocycles. The number of rotatable bonds is 11. The van der Waals surface area contributed by atoms with Crippen molar-refractivity contribution in [2.24, 2.45) is 7.05 Å². The molecule has 0 spiro atoms. The van der Waals surface area contributed by atoms with Crippen LogP contribution in [0.3, 0.4) is 0 Å². The molecule has 2 aromatic carbocycles. The first-order valence-electron chi connectivity index (χ1n) is 16.2. The standard InChI is InChI=1S/C36H37Cl2N7O4/c1-43(30-12-13-32(46)41-30)19-21-10-11-28(40-35(21)48-3)27-9-5-8-26(34(27)38)25-7-4-6-24(33(25)37)22-16-29-36(47)44(2)31(42-45(29)20-22)18-39-17-23-14-15-49-23/h4-11,16,20,23,30,39H,12-15,17-19H2,1-3H3,(H,41,46)/t23-,30-/m0/s1. The molecule has 2 fully saturated rings. The molecule has 0 radical (unpaired) electrons. The van der Waals surface area contributed by atoms with Crippen LogP contribution in [0, 0.1) is 0 Å². The van der Waals surface area contributed by atoms with E-state index < -0.39 is 0 Å². The summed E-state index contributed by atoms with van der Waals surface area (Å²) >= 11 is 14.2. The Labute approximate surface area is 293 Å². The number of hydrogen-bond donors (Lipinski definition) is 2. The highest BCUT2D eigenvalue weighted by atomic mass is 35.5. The number of hydrogen-bond acceptors (Lipinski definition) is 8. The van der Waals surface area contributed by atoms with Crippen LogP contribution in [0.25, 0.3) is 39.0 Å². The third kappa shape index (κ3) is 6.56. The molecule has 0 bridgehead atoms. The molecule has 2 aliphatic rings. The molecule has 2 aliphatic heterocycles. The molecule has 3 aromatic heterocycles. The minimum absolute atomic E-state index is 0.0209. The van der Waals surface area contributed by atoms with Crippen LogP contribution in [-0.2, 0) is 29.7 Å². The molecule has 2 atom stereocenters. The molecule has 13 heteroatoms. The van der Waals surface area contributed by atoms with Crippen LogP contribution in [0.15, 0.2) is 65.6 Å². The molecule has 11 nitrogen and oxygen atoms in total. The van der Waals surface area contributed by atoms with Gasteiger partial charge in [-0.25, -0.2) is 9.50 Å². The van der Waals surface area contributed by atoms with Crippen molar-refractivity contribution in [1.82, 2.24) is 34.7 Å². The zero-order chi connectivity index (χ0) is 34.2. The average molecular weight is 703 g/mol. The van der Waals surface area contributed by atoms with Crippen molar-refractivity contribution < 1.29 is 14.3 Å². The number of fused-ring (bicyclic) bond motifs is 1. The van der Waals surface area contributed by atoms with Crippen molar-refractivity contribution in [2.75, 3.05) is 27.3 Å². The maximum Gasteiger partial charge on any atom is 0.277 e. The molecule has 49 heavy (non-hydrogen) atoms. The van der Waals surface area contributed by atoms with Crippen LogP contribution in [0.4, 0.5) is 0 Å². The largest absolute Gasteiger partial charge is 0.481 e. The Morgan fingerprint density at radius 3 is 2.43 bits per heavy atom. The van der Waals surface area contributed by atoms with Crippen molar-refractivity contribution in [1.29, 1.82) is 0 Å². The Kier molecular flexibility index (Phi) is 9.45. The van der Waals surface area contributed by atoms with Gasteiger partial charge < -0.3 is 20.1 Å². The molecule has 2 saturated heterocycles. The Morgan fingerprint density at radius 1 is 1.04 bits per heavy atom. The van der Waals surface area contributed by atoms with Gasteiger partial charge in [0.2, 0.25) is 11.8 Å². The van der Waals surface area contributed by atoms with Gasteiger partial charge in [-0.2, -0.15) is 5.10 Å². The minimum Gasteiger partial charge on any atom is -0.481 e. The first kappa shape index (κ1) is 33.2. The maximum absolute atomic E-state index is 13.3. The Bertz CT molecular complexity index is 2110. The lowest BCUT2D eigenvalue weighted by Crippen LogP contribution is -2.40. The highest BCUT2D eigenvalue weighted by Gasteiger charge is 2.26. The number of benzene rings is 2. The van der Waals surface area contributed by atoms with Crippen LogP contribution in [0.1, 0.15) is 30.7 Å². The van der Waals surface area contributed by atoms with Gasteiger partial charge in [-0.1, -0.05) is 65.7 Å². The highest BCUT2D eigenvalue weighted by Crippen LogP contribution is 2.42. The highest BCUT2D eigenvalue weighted by molar-refractivity contribution is 6.39. The molecule has 2 N–H and O–H groups in total. The Hall–Kier alpha value is -4.26. The van der Waals surface area contributed by atoms with E-state index in [0.29, 0.717) is 59.0 Å². The number of aromatic nitrogens is 4. The van der Waals surface area contributed by atoms with Crippen LogP contribution in [0.2, 0.25) is 10.0 Å². The van der Waals surface area contributed by atoms with E-state index >= 15 is 0 Å². The second-order valence-electron chi connectivity index (χ2n) is 12.5. The van der Waals surface area contributed by atoms with Gasteiger partial charge in [0, 0.05) is 72.7 Å². The van der Waals surface area contributed by atoms with Crippen molar-refractivity contribution in [2.45, 2.75) is 44.6 Å². The van der Waals surface area contributed by atoms with Gasteiger partial charge in [0.15, 0.2) is 0 Å². The molecule has 1 amide bonds. The van der Waals surface area contributed by atoms with Gasteiger partial charge in [0.25, 0.3) is 5.56 Å². The number of halogens is 2. The van der Waals surface area contributed by atoms with Crippen molar-refractivity contribution in [3.8, 4) is 39.4 Å². The SMILES string of the molecule is COc1nc(-c2cccc(-c3cccc(-c4cc5c(=O)n(C)c(CNC[C@@H]6CCO6)nn5c4)c3Cl)c2Cl)ccc1CN(C)[C@H]1CCC(=O)N1. The quantitative estimate of drug-likeness (QED) is 0.191. The number of nitrogens with one attached hydrogen (secondary N) is 2. The van der Waals surface area contributed by atoms with Crippen LogP contribution in [0.5, 0.6) is 5.88 Å². The normalized spacial score (nSPS) is 17.5. The van der Waals surface area contributed by atoms with Crippen molar-refractivity contribution in [3.63, 3.8) is 0 Å². The number of ether oxygens (including phenoxy) is 2. The lowest BCUT2D eigenvalue weighted by atomic mass is 9.97. The summed E-state index contributed by atoms with van der Waals surface area (Å²) in [7, 11) is 5.29. The van der Waals surface area contributed by atoms with E-state index in [9.17, 15) is 9.59 Å². The molecule has 0 unspecified atom stereocenters. The fraction of sp³-hybridized carbons (Fsp3) is 0.333. The summed E-state index contributed by atoms with van der Waals surface area (Å²) in [6.07, 6.45) is 4.35. The van der Waals surface area contributed by atoms with E-state index in [1.54, 1.807) is 23.2 Å². The molecular formula is C36H37Cl2N7O4. The number of methoxy groups -OCH3 is 1. The monoisotopic (exact) mass is 701 g/mol. The summed E-state index contributed by atoms with van der Waals surface area (Å²) in [6.45, 7) is 2.51. The summed E-state index contributed by atoms with van der Waals surface area (Å²) in [5.74, 6) is 1.17. The molecular weight excluding hydrogens is 665 g/mol. The summed E-state index contributed by atoms with van der Waals surface area (Å²) in [6, 6.07) is 17.2. The van der Waals surface area contributed by atoms with Crippen molar-refractivity contribution >= 4 is 34.6 Å². The molecule has 5 heterocycles. The Morgan fingerprint density at radius 2 is 1.76 bits per heavy atom. The number of carbonyl (C=O) groups excluding carboxylic acids is 1. The number of pyridine rings is 1. The van der Waals surface area contributed by atoms with Gasteiger partial charge in [-0.15, -0.1) is 0 Å². The number of carbonyl (C=O) groups is 1. The Balaban J connectivity index is 1.17. The van der Waals surface area contributed by atoms with Gasteiger partial charge in [0.05, 0.1) is 41.7 Å². The topological polar surface area (TPSA) is 115 Å². The lowest BCUT2D eigenvalue weighted by molar-refractivity contribution is -0.119. The molecule has 7 rings (SSSR count).